The van der Waals surface area contributed by atoms with Gasteiger partial charge < -0.3 is 5.73 Å². The molecule has 0 radical (unpaired) electrons. The van der Waals surface area contributed by atoms with E-state index in [1.54, 1.807) is 0 Å². The van der Waals surface area contributed by atoms with Crippen LogP contribution in [0, 0.1) is 5.13 Å². The lowest BCUT2D eigenvalue weighted by atomic mass is 10.3. The predicted octanol–water partition coefficient (Wildman–Crippen LogP) is 1.78. The highest BCUT2D eigenvalue weighted by Crippen LogP contribution is 2.15. The SMILES string of the molecule is NCCCc1ccc(F)s1. The van der Waals surface area contributed by atoms with Crippen molar-refractivity contribution in [3.63, 3.8) is 0 Å². The molecule has 0 aliphatic rings. The molecule has 10 heavy (non-hydrogen) atoms. The summed E-state index contributed by atoms with van der Waals surface area (Å²) in [6.45, 7) is 0.680. The largest absolute Gasteiger partial charge is 0.330 e. The molecule has 56 valence electrons. The average Bonchev–Trinajstić information content (AvgIpc) is 2.31. The number of rotatable bonds is 3. The highest BCUT2D eigenvalue weighted by molar-refractivity contribution is 7.10. The van der Waals surface area contributed by atoms with E-state index in [1.807, 2.05) is 6.07 Å². The summed E-state index contributed by atoms with van der Waals surface area (Å²) < 4.78 is 12.3. The zero-order valence-electron chi connectivity index (χ0n) is 5.64. The zero-order chi connectivity index (χ0) is 7.40. The van der Waals surface area contributed by atoms with E-state index in [-0.39, 0.29) is 5.13 Å². The summed E-state index contributed by atoms with van der Waals surface area (Å²) in [5.41, 5.74) is 5.29. The van der Waals surface area contributed by atoms with Crippen LogP contribution in [-0.4, -0.2) is 6.54 Å². The monoisotopic (exact) mass is 159 g/mol. The Labute approximate surface area is 63.7 Å². The molecular weight excluding hydrogens is 149 g/mol. The summed E-state index contributed by atoms with van der Waals surface area (Å²) in [5.74, 6) is 0. The molecule has 1 nitrogen and oxygen atoms in total. The van der Waals surface area contributed by atoms with Crippen molar-refractivity contribution >= 4 is 11.3 Å². The lowest BCUT2D eigenvalue weighted by Crippen LogP contribution is -1.99. The Balaban J connectivity index is 2.42. The molecule has 0 saturated heterocycles. The van der Waals surface area contributed by atoms with E-state index < -0.39 is 0 Å². The first-order valence-electron chi connectivity index (χ1n) is 3.27. The quantitative estimate of drug-likeness (QED) is 0.714. The maximum absolute atomic E-state index is 12.3. The highest BCUT2D eigenvalue weighted by Gasteiger charge is 1.96. The van der Waals surface area contributed by atoms with Crippen LogP contribution in [0.3, 0.4) is 0 Å². The van der Waals surface area contributed by atoms with Gasteiger partial charge in [-0.2, -0.15) is 4.39 Å². The van der Waals surface area contributed by atoms with Gasteiger partial charge in [-0.15, -0.1) is 11.3 Å². The molecule has 0 atom stereocenters. The molecule has 2 N–H and O–H groups in total. The van der Waals surface area contributed by atoms with Crippen molar-refractivity contribution in [1.82, 2.24) is 0 Å². The van der Waals surface area contributed by atoms with E-state index in [2.05, 4.69) is 0 Å². The fraction of sp³-hybridized carbons (Fsp3) is 0.429. The van der Waals surface area contributed by atoms with Crippen LogP contribution in [0.25, 0.3) is 0 Å². The maximum Gasteiger partial charge on any atom is 0.176 e. The third-order valence-electron chi connectivity index (χ3n) is 1.26. The third kappa shape index (κ3) is 2.08. The van der Waals surface area contributed by atoms with Gasteiger partial charge in [0.25, 0.3) is 0 Å². The first kappa shape index (κ1) is 7.69. The number of halogens is 1. The third-order valence-corrected chi connectivity index (χ3v) is 2.19. The number of nitrogens with two attached hydrogens (primary N) is 1. The Morgan fingerprint density at radius 1 is 1.50 bits per heavy atom. The number of aryl methyl sites for hydroxylation is 1. The van der Waals surface area contributed by atoms with Crippen LogP contribution in [0.2, 0.25) is 0 Å². The van der Waals surface area contributed by atoms with E-state index in [0.29, 0.717) is 6.54 Å². The highest BCUT2D eigenvalue weighted by atomic mass is 32.1. The van der Waals surface area contributed by atoms with Gasteiger partial charge in [0, 0.05) is 4.88 Å². The number of thiophene rings is 1. The van der Waals surface area contributed by atoms with Crippen LogP contribution in [0.1, 0.15) is 11.3 Å². The summed E-state index contributed by atoms with van der Waals surface area (Å²) >= 11 is 1.21. The molecular formula is C7H10FNS. The molecule has 0 bridgehead atoms. The topological polar surface area (TPSA) is 26.0 Å². The van der Waals surface area contributed by atoms with Crippen LogP contribution in [0.15, 0.2) is 12.1 Å². The summed E-state index contributed by atoms with van der Waals surface area (Å²) in [6.07, 6.45) is 1.85. The van der Waals surface area contributed by atoms with Crippen LogP contribution in [-0.2, 0) is 6.42 Å². The molecule has 0 saturated carbocycles. The van der Waals surface area contributed by atoms with Gasteiger partial charge in [0.2, 0.25) is 0 Å². The molecule has 0 fully saturated rings. The molecule has 0 unspecified atom stereocenters. The summed E-state index contributed by atoms with van der Waals surface area (Å²) in [5, 5.41) is -0.105. The molecule has 1 heterocycles. The Kier molecular flexibility index (Phi) is 2.83. The van der Waals surface area contributed by atoms with Crippen molar-refractivity contribution in [1.29, 1.82) is 0 Å². The normalized spacial score (nSPS) is 10.2. The van der Waals surface area contributed by atoms with Gasteiger partial charge in [-0.3, -0.25) is 0 Å². The molecule has 3 heteroatoms. The van der Waals surface area contributed by atoms with E-state index in [0.717, 1.165) is 17.7 Å². The van der Waals surface area contributed by atoms with Crippen molar-refractivity contribution in [2.45, 2.75) is 12.8 Å². The fourth-order valence-corrected chi connectivity index (χ4v) is 1.53. The Bertz CT molecular complexity index is 197. The first-order valence-corrected chi connectivity index (χ1v) is 4.09. The molecule has 0 amide bonds. The van der Waals surface area contributed by atoms with Gasteiger partial charge in [-0.05, 0) is 31.5 Å². The van der Waals surface area contributed by atoms with Gasteiger partial charge in [-0.1, -0.05) is 0 Å². The molecule has 0 aliphatic carbocycles. The fourth-order valence-electron chi connectivity index (χ4n) is 0.762. The summed E-state index contributed by atoms with van der Waals surface area (Å²) in [4.78, 5) is 1.09. The molecule has 0 spiro atoms. The Morgan fingerprint density at radius 2 is 2.30 bits per heavy atom. The second kappa shape index (κ2) is 3.68. The van der Waals surface area contributed by atoms with E-state index in [9.17, 15) is 4.39 Å². The van der Waals surface area contributed by atoms with Crippen molar-refractivity contribution in [2.24, 2.45) is 5.73 Å². The molecule has 0 aliphatic heterocycles. The van der Waals surface area contributed by atoms with Crippen molar-refractivity contribution in [3.05, 3.63) is 22.1 Å². The number of hydrogen-bond acceptors (Lipinski definition) is 2. The average molecular weight is 159 g/mol. The molecule has 1 aromatic rings. The van der Waals surface area contributed by atoms with Crippen LogP contribution < -0.4 is 5.73 Å². The predicted molar refractivity (Wildman–Crippen MR) is 41.7 cm³/mol. The minimum absolute atomic E-state index is 0.105. The van der Waals surface area contributed by atoms with Gasteiger partial charge in [0.05, 0.1) is 0 Å². The maximum atomic E-state index is 12.3. The number of hydrogen-bond donors (Lipinski definition) is 1. The van der Waals surface area contributed by atoms with Gasteiger partial charge >= 0.3 is 0 Å². The Morgan fingerprint density at radius 3 is 2.80 bits per heavy atom. The molecule has 1 aromatic heterocycles. The minimum atomic E-state index is -0.105. The second-order valence-corrected chi connectivity index (χ2v) is 3.22. The van der Waals surface area contributed by atoms with Gasteiger partial charge in [0.15, 0.2) is 5.13 Å². The van der Waals surface area contributed by atoms with Crippen LogP contribution in [0.5, 0.6) is 0 Å². The van der Waals surface area contributed by atoms with Crippen LogP contribution >= 0.6 is 11.3 Å². The first-order chi connectivity index (χ1) is 4.83. The second-order valence-electron chi connectivity index (χ2n) is 2.10. The lowest BCUT2D eigenvalue weighted by Gasteiger charge is -1.90. The molecule has 0 aromatic carbocycles. The van der Waals surface area contributed by atoms with E-state index in [1.165, 1.54) is 17.4 Å². The van der Waals surface area contributed by atoms with Crippen molar-refractivity contribution in [2.75, 3.05) is 6.54 Å². The summed E-state index contributed by atoms with van der Waals surface area (Å²) in [7, 11) is 0. The Hall–Kier alpha value is -0.410. The van der Waals surface area contributed by atoms with Gasteiger partial charge in [-0.25, -0.2) is 0 Å². The van der Waals surface area contributed by atoms with Crippen LogP contribution in [0.4, 0.5) is 4.39 Å². The van der Waals surface area contributed by atoms with Crippen molar-refractivity contribution in [3.8, 4) is 0 Å². The van der Waals surface area contributed by atoms with E-state index in [4.69, 9.17) is 5.73 Å². The standard InChI is InChI=1S/C7H10FNS/c8-7-4-3-6(10-7)2-1-5-9/h3-4H,1-2,5,9H2. The van der Waals surface area contributed by atoms with Gasteiger partial charge in [0.1, 0.15) is 0 Å². The zero-order valence-corrected chi connectivity index (χ0v) is 6.46. The van der Waals surface area contributed by atoms with Crippen molar-refractivity contribution < 1.29 is 4.39 Å². The minimum Gasteiger partial charge on any atom is -0.330 e. The lowest BCUT2D eigenvalue weighted by molar-refractivity contribution is 0.657. The summed E-state index contributed by atoms with van der Waals surface area (Å²) in [6, 6.07) is 3.31. The van der Waals surface area contributed by atoms with E-state index >= 15 is 0 Å². The smallest absolute Gasteiger partial charge is 0.176 e. The molecule has 1 rings (SSSR count).